The maximum Gasteiger partial charge on any atom is 0.0399 e. The summed E-state index contributed by atoms with van der Waals surface area (Å²) in [5, 5.41) is 0. The molecule has 0 saturated carbocycles. The smallest absolute Gasteiger partial charge is 0.0399 e. The lowest BCUT2D eigenvalue weighted by molar-refractivity contribution is 0.646. The van der Waals surface area contributed by atoms with E-state index in [1.165, 1.54) is 11.3 Å². The van der Waals surface area contributed by atoms with E-state index in [1.54, 1.807) is 0 Å². The van der Waals surface area contributed by atoms with Gasteiger partial charge >= 0.3 is 0 Å². The lowest BCUT2D eigenvalue weighted by atomic mass is 10.0. The standard InChI is InChI=1S/C14H23ClN2/c1-3-13(16)11-12-5-7-14(8-6-12)17(4-2)10-9-15/h5-8,13H,3-4,9-11,16H2,1-2H3. The molecule has 0 aliphatic carbocycles. The first-order valence-corrected chi connectivity index (χ1v) is 6.90. The number of nitrogens with zero attached hydrogens (tertiary/aromatic N) is 1. The van der Waals surface area contributed by atoms with Gasteiger partial charge in [-0.15, -0.1) is 11.6 Å². The molecule has 0 radical (unpaired) electrons. The third kappa shape index (κ3) is 4.57. The molecule has 96 valence electrons. The van der Waals surface area contributed by atoms with Crippen LogP contribution in [0.4, 0.5) is 5.69 Å². The molecule has 17 heavy (non-hydrogen) atoms. The van der Waals surface area contributed by atoms with Crippen LogP contribution in [0.1, 0.15) is 25.8 Å². The van der Waals surface area contributed by atoms with Crippen molar-refractivity contribution in [1.29, 1.82) is 0 Å². The van der Waals surface area contributed by atoms with Gasteiger partial charge in [-0.1, -0.05) is 19.1 Å². The molecule has 1 aromatic rings. The van der Waals surface area contributed by atoms with Crippen LogP contribution in [-0.2, 0) is 6.42 Å². The average Bonchev–Trinajstić information content (AvgIpc) is 2.37. The Morgan fingerprint density at radius 3 is 2.35 bits per heavy atom. The van der Waals surface area contributed by atoms with Gasteiger partial charge in [0.1, 0.15) is 0 Å². The lowest BCUT2D eigenvalue weighted by Crippen LogP contribution is -2.25. The molecule has 0 aliphatic rings. The van der Waals surface area contributed by atoms with E-state index in [1.807, 2.05) is 0 Å². The van der Waals surface area contributed by atoms with Crippen LogP contribution in [0.25, 0.3) is 0 Å². The SMILES string of the molecule is CCC(N)Cc1ccc(N(CC)CCCl)cc1. The highest BCUT2D eigenvalue weighted by molar-refractivity contribution is 6.18. The van der Waals surface area contributed by atoms with Crippen LogP contribution in [0, 0.1) is 0 Å². The molecular formula is C14H23ClN2. The van der Waals surface area contributed by atoms with E-state index in [0.717, 1.165) is 25.9 Å². The number of halogens is 1. The van der Waals surface area contributed by atoms with Gasteiger partial charge in [0.2, 0.25) is 0 Å². The molecular weight excluding hydrogens is 232 g/mol. The Balaban J connectivity index is 2.66. The Hall–Kier alpha value is -0.730. The molecule has 1 aromatic carbocycles. The molecule has 2 nitrogen and oxygen atoms in total. The molecule has 0 aliphatic heterocycles. The molecule has 0 spiro atoms. The minimum absolute atomic E-state index is 0.269. The number of alkyl halides is 1. The number of anilines is 1. The molecule has 0 saturated heterocycles. The van der Waals surface area contributed by atoms with Gasteiger partial charge in [-0.2, -0.15) is 0 Å². The minimum Gasteiger partial charge on any atom is -0.371 e. The second-order valence-electron chi connectivity index (χ2n) is 4.31. The third-order valence-electron chi connectivity index (χ3n) is 3.06. The van der Waals surface area contributed by atoms with Crippen molar-refractivity contribution in [1.82, 2.24) is 0 Å². The van der Waals surface area contributed by atoms with Gasteiger partial charge in [0.25, 0.3) is 0 Å². The fourth-order valence-corrected chi connectivity index (χ4v) is 2.07. The van der Waals surface area contributed by atoms with Crippen molar-refractivity contribution in [2.24, 2.45) is 5.73 Å². The van der Waals surface area contributed by atoms with Crippen LogP contribution in [0.2, 0.25) is 0 Å². The van der Waals surface area contributed by atoms with Crippen molar-refractivity contribution in [3.8, 4) is 0 Å². The molecule has 0 heterocycles. The number of benzene rings is 1. The summed E-state index contributed by atoms with van der Waals surface area (Å²) in [7, 11) is 0. The first kappa shape index (κ1) is 14.3. The van der Waals surface area contributed by atoms with Gasteiger partial charge in [-0.3, -0.25) is 0 Å². The normalized spacial score (nSPS) is 12.5. The zero-order chi connectivity index (χ0) is 12.7. The topological polar surface area (TPSA) is 29.3 Å². The molecule has 0 fully saturated rings. The van der Waals surface area contributed by atoms with Gasteiger partial charge in [0.15, 0.2) is 0 Å². The summed E-state index contributed by atoms with van der Waals surface area (Å²) >= 11 is 5.79. The summed E-state index contributed by atoms with van der Waals surface area (Å²) in [6.45, 7) is 6.15. The molecule has 0 aromatic heterocycles. The van der Waals surface area contributed by atoms with Gasteiger partial charge < -0.3 is 10.6 Å². The Labute approximate surface area is 110 Å². The summed E-state index contributed by atoms with van der Waals surface area (Å²) in [5.41, 5.74) is 8.50. The maximum absolute atomic E-state index is 5.95. The summed E-state index contributed by atoms with van der Waals surface area (Å²) in [4.78, 5) is 2.27. The van der Waals surface area contributed by atoms with E-state index in [9.17, 15) is 0 Å². The van der Waals surface area contributed by atoms with Crippen molar-refractivity contribution in [2.45, 2.75) is 32.7 Å². The van der Waals surface area contributed by atoms with E-state index in [4.69, 9.17) is 17.3 Å². The zero-order valence-electron chi connectivity index (χ0n) is 10.8. The fourth-order valence-electron chi connectivity index (χ4n) is 1.86. The van der Waals surface area contributed by atoms with Crippen LogP contribution < -0.4 is 10.6 Å². The largest absolute Gasteiger partial charge is 0.371 e. The molecule has 2 N–H and O–H groups in total. The Kier molecular flexibility index (Phi) is 6.38. The van der Waals surface area contributed by atoms with Crippen molar-refractivity contribution < 1.29 is 0 Å². The molecule has 3 heteroatoms. The summed E-state index contributed by atoms with van der Waals surface area (Å²) < 4.78 is 0. The second kappa shape index (κ2) is 7.57. The third-order valence-corrected chi connectivity index (χ3v) is 3.23. The minimum atomic E-state index is 0.269. The molecule has 1 rings (SSSR count). The van der Waals surface area contributed by atoms with Gasteiger partial charge in [0, 0.05) is 30.7 Å². The highest BCUT2D eigenvalue weighted by Crippen LogP contribution is 2.16. The van der Waals surface area contributed by atoms with E-state index >= 15 is 0 Å². The van der Waals surface area contributed by atoms with Crippen LogP contribution in [0.15, 0.2) is 24.3 Å². The number of hydrogen-bond donors (Lipinski definition) is 1. The maximum atomic E-state index is 5.95. The average molecular weight is 255 g/mol. The van der Waals surface area contributed by atoms with E-state index in [2.05, 4.69) is 43.0 Å². The Morgan fingerprint density at radius 1 is 1.24 bits per heavy atom. The van der Waals surface area contributed by atoms with Crippen molar-refractivity contribution >= 4 is 17.3 Å². The highest BCUT2D eigenvalue weighted by atomic mass is 35.5. The zero-order valence-corrected chi connectivity index (χ0v) is 11.6. The molecule has 0 bridgehead atoms. The van der Waals surface area contributed by atoms with E-state index in [-0.39, 0.29) is 6.04 Å². The van der Waals surface area contributed by atoms with Gasteiger partial charge in [-0.05, 0) is 37.5 Å². The quantitative estimate of drug-likeness (QED) is 0.758. The predicted molar refractivity (Wildman–Crippen MR) is 77.0 cm³/mol. The van der Waals surface area contributed by atoms with Crippen molar-refractivity contribution in [2.75, 3.05) is 23.9 Å². The summed E-state index contributed by atoms with van der Waals surface area (Å²) in [6.07, 6.45) is 1.98. The van der Waals surface area contributed by atoms with E-state index < -0.39 is 0 Å². The first-order valence-electron chi connectivity index (χ1n) is 6.36. The molecule has 1 unspecified atom stereocenters. The lowest BCUT2D eigenvalue weighted by Gasteiger charge is -2.22. The van der Waals surface area contributed by atoms with Crippen molar-refractivity contribution in [3.05, 3.63) is 29.8 Å². The Morgan fingerprint density at radius 2 is 1.88 bits per heavy atom. The molecule has 0 amide bonds. The fraction of sp³-hybridized carbons (Fsp3) is 0.571. The van der Waals surface area contributed by atoms with Crippen molar-refractivity contribution in [3.63, 3.8) is 0 Å². The van der Waals surface area contributed by atoms with Crippen LogP contribution in [0.3, 0.4) is 0 Å². The predicted octanol–water partition coefficient (Wildman–Crippen LogP) is 3.03. The van der Waals surface area contributed by atoms with E-state index in [0.29, 0.717) is 5.88 Å². The first-order chi connectivity index (χ1) is 8.21. The summed E-state index contributed by atoms with van der Waals surface area (Å²) in [6, 6.07) is 8.93. The number of nitrogens with two attached hydrogens (primary N) is 1. The van der Waals surface area contributed by atoms with Crippen LogP contribution in [-0.4, -0.2) is 25.0 Å². The number of rotatable bonds is 7. The van der Waals surface area contributed by atoms with Gasteiger partial charge in [0.05, 0.1) is 0 Å². The molecule has 1 atom stereocenters. The Bertz CT molecular complexity index is 311. The van der Waals surface area contributed by atoms with Crippen LogP contribution in [0.5, 0.6) is 0 Å². The summed E-state index contributed by atoms with van der Waals surface area (Å²) in [5.74, 6) is 0.663. The highest BCUT2D eigenvalue weighted by Gasteiger charge is 2.05. The number of hydrogen-bond acceptors (Lipinski definition) is 2. The second-order valence-corrected chi connectivity index (χ2v) is 4.69. The van der Waals surface area contributed by atoms with Gasteiger partial charge in [-0.25, -0.2) is 0 Å². The van der Waals surface area contributed by atoms with Crippen LogP contribution >= 0.6 is 11.6 Å². The monoisotopic (exact) mass is 254 g/mol.